The van der Waals surface area contributed by atoms with E-state index in [9.17, 15) is 14.4 Å². The van der Waals surface area contributed by atoms with Crippen LogP contribution in [0.15, 0.2) is 36.4 Å². The van der Waals surface area contributed by atoms with Gasteiger partial charge in [0.1, 0.15) is 11.3 Å². The maximum Gasteiger partial charge on any atom is 0.325 e. The van der Waals surface area contributed by atoms with E-state index >= 15 is 0 Å². The number of hydrogen-bond donors (Lipinski definition) is 1. The normalized spacial score (nSPS) is 19.3. The van der Waals surface area contributed by atoms with Crippen molar-refractivity contribution in [3.8, 4) is 5.75 Å². The molecule has 0 radical (unpaired) electrons. The first-order valence-corrected chi connectivity index (χ1v) is 9.51. The second-order valence-corrected chi connectivity index (χ2v) is 8.12. The first-order valence-electron chi connectivity index (χ1n) is 8.69. The molecule has 7 heteroatoms. The summed E-state index contributed by atoms with van der Waals surface area (Å²) in [7, 11) is 1.61. The highest BCUT2D eigenvalue weighted by atomic mass is 32.1. The molecule has 0 spiro atoms. The molecule has 0 saturated carbocycles. The van der Waals surface area contributed by atoms with E-state index in [0.717, 1.165) is 21.1 Å². The van der Waals surface area contributed by atoms with Gasteiger partial charge in [-0.2, -0.15) is 0 Å². The number of amides is 3. The number of ether oxygens (including phenoxy) is 1. The molecule has 6 nitrogen and oxygen atoms in total. The van der Waals surface area contributed by atoms with E-state index in [1.165, 1.54) is 11.3 Å². The van der Waals surface area contributed by atoms with Gasteiger partial charge < -0.3 is 10.1 Å². The number of imide groups is 1. The maximum atomic E-state index is 12.8. The minimum Gasteiger partial charge on any atom is -0.497 e. The predicted molar refractivity (Wildman–Crippen MR) is 103 cm³/mol. The zero-order valence-corrected chi connectivity index (χ0v) is 16.4. The van der Waals surface area contributed by atoms with Crippen LogP contribution in [0.25, 0.3) is 0 Å². The standard InChI is InChI=1S/C20H22N2O4S/c1-13-4-9-17(27-13)16(23)12-22-18(24)20(2,21-19(22)25)11-10-14-5-7-15(26-3)8-6-14/h4-9H,10-12H2,1-3H3,(H,21,25)/t20-/m1/s1. The summed E-state index contributed by atoms with van der Waals surface area (Å²) in [6.07, 6.45) is 1.07. The summed E-state index contributed by atoms with van der Waals surface area (Å²) in [4.78, 5) is 40.1. The number of methoxy groups -OCH3 is 1. The Kier molecular flexibility index (Phi) is 5.32. The minimum absolute atomic E-state index is 0.226. The fourth-order valence-electron chi connectivity index (χ4n) is 3.05. The van der Waals surface area contributed by atoms with Crippen LogP contribution in [-0.2, 0) is 11.2 Å². The first-order chi connectivity index (χ1) is 12.8. The van der Waals surface area contributed by atoms with Gasteiger partial charge in [-0.25, -0.2) is 4.79 Å². The van der Waals surface area contributed by atoms with Crippen LogP contribution in [-0.4, -0.2) is 41.8 Å². The van der Waals surface area contributed by atoms with Crippen molar-refractivity contribution >= 4 is 29.1 Å². The Labute approximate surface area is 162 Å². The molecule has 1 aromatic heterocycles. The van der Waals surface area contributed by atoms with Crippen LogP contribution < -0.4 is 10.1 Å². The highest BCUT2D eigenvalue weighted by Gasteiger charge is 2.47. The van der Waals surface area contributed by atoms with Gasteiger partial charge in [-0.3, -0.25) is 14.5 Å². The summed E-state index contributed by atoms with van der Waals surface area (Å²) in [5.41, 5.74) is 0.0329. The third-order valence-corrected chi connectivity index (χ3v) is 5.78. The topological polar surface area (TPSA) is 75.7 Å². The number of hydrogen-bond acceptors (Lipinski definition) is 5. The van der Waals surface area contributed by atoms with Crippen molar-refractivity contribution in [1.29, 1.82) is 0 Å². The third kappa shape index (κ3) is 4.03. The lowest BCUT2D eigenvalue weighted by Gasteiger charge is -2.21. The van der Waals surface area contributed by atoms with Crippen molar-refractivity contribution in [2.24, 2.45) is 0 Å². The molecule has 1 atom stereocenters. The number of carbonyl (C=O) groups is 3. The summed E-state index contributed by atoms with van der Waals surface area (Å²) in [5.74, 6) is 0.183. The van der Waals surface area contributed by atoms with Gasteiger partial charge in [0.05, 0.1) is 18.5 Å². The smallest absolute Gasteiger partial charge is 0.325 e. The Morgan fingerprint density at radius 3 is 2.48 bits per heavy atom. The van der Waals surface area contributed by atoms with Gasteiger partial charge in [-0.1, -0.05) is 12.1 Å². The molecule has 0 unspecified atom stereocenters. The van der Waals surface area contributed by atoms with E-state index in [4.69, 9.17) is 4.74 Å². The number of thiophene rings is 1. The lowest BCUT2D eigenvalue weighted by Crippen LogP contribution is -2.44. The predicted octanol–water partition coefficient (Wildman–Crippen LogP) is 3.19. The average molecular weight is 386 g/mol. The summed E-state index contributed by atoms with van der Waals surface area (Å²) < 4.78 is 5.14. The number of nitrogens with zero attached hydrogens (tertiary/aromatic N) is 1. The number of rotatable bonds is 7. The second-order valence-electron chi connectivity index (χ2n) is 6.84. The molecular formula is C20H22N2O4S. The number of urea groups is 1. The zero-order chi connectivity index (χ0) is 19.6. The summed E-state index contributed by atoms with van der Waals surface area (Å²) >= 11 is 1.36. The van der Waals surface area contributed by atoms with Crippen molar-refractivity contribution < 1.29 is 19.1 Å². The van der Waals surface area contributed by atoms with Crippen molar-refractivity contribution in [3.05, 3.63) is 51.7 Å². The fourth-order valence-corrected chi connectivity index (χ4v) is 3.85. The SMILES string of the molecule is COc1ccc(CC[C@@]2(C)NC(=O)N(CC(=O)c3ccc(C)s3)C2=O)cc1. The Hall–Kier alpha value is -2.67. The third-order valence-electron chi connectivity index (χ3n) is 4.73. The molecule has 27 heavy (non-hydrogen) atoms. The molecule has 1 aliphatic rings. The Morgan fingerprint density at radius 1 is 1.19 bits per heavy atom. The van der Waals surface area contributed by atoms with Gasteiger partial charge in [0, 0.05) is 4.88 Å². The van der Waals surface area contributed by atoms with Crippen LogP contribution in [0.1, 0.15) is 33.5 Å². The molecule has 3 amide bonds. The average Bonchev–Trinajstić information content (AvgIpc) is 3.18. The molecular weight excluding hydrogens is 364 g/mol. The van der Waals surface area contributed by atoms with Crippen LogP contribution in [0.5, 0.6) is 5.75 Å². The molecule has 1 aromatic carbocycles. The van der Waals surface area contributed by atoms with E-state index in [1.54, 1.807) is 20.1 Å². The number of benzene rings is 1. The number of aryl methyl sites for hydroxylation is 2. The van der Waals surface area contributed by atoms with E-state index in [2.05, 4.69) is 5.32 Å². The van der Waals surface area contributed by atoms with Crippen molar-refractivity contribution in [2.75, 3.05) is 13.7 Å². The van der Waals surface area contributed by atoms with Crippen molar-refractivity contribution in [1.82, 2.24) is 10.2 Å². The lowest BCUT2D eigenvalue weighted by molar-refractivity contribution is -0.130. The quantitative estimate of drug-likeness (QED) is 0.586. The van der Waals surface area contributed by atoms with Gasteiger partial charge in [0.15, 0.2) is 5.78 Å². The molecule has 142 valence electrons. The number of nitrogens with one attached hydrogen (secondary N) is 1. The summed E-state index contributed by atoms with van der Waals surface area (Å²) in [6, 6.07) is 10.7. The molecule has 1 N–H and O–H groups in total. The van der Waals surface area contributed by atoms with Gasteiger partial charge in [-0.15, -0.1) is 11.3 Å². The van der Waals surface area contributed by atoms with Crippen LogP contribution in [0.2, 0.25) is 0 Å². The number of Topliss-reactive ketones (excluding diaryl/α,β-unsaturated/α-hetero) is 1. The molecule has 1 aliphatic heterocycles. The molecule has 2 heterocycles. The van der Waals surface area contributed by atoms with Crippen molar-refractivity contribution in [3.63, 3.8) is 0 Å². The summed E-state index contributed by atoms with van der Waals surface area (Å²) in [5, 5.41) is 2.75. The van der Waals surface area contributed by atoms with Crippen LogP contribution in [0.3, 0.4) is 0 Å². The monoisotopic (exact) mass is 386 g/mol. The second kappa shape index (κ2) is 7.52. The van der Waals surface area contributed by atoms with E-state index in [0.29, 0.717) is 17.7 Å². The van der Waals surface area contributed by atoms with Crippen LogP contribution in [0, 0.1) is 6.92 Å². The Morgan fingerprint density at radius 2 is 1.89 bits per heavy atom. The molecule has 2 aromatic rings. The lowest BCUT2D eigenvalue weighted by atomic mass is 9.93. The van der Waals surface area contributed by atoms with E-state index < -0.39 is 11.6 Å². The van der Waals surface area contributed by atoms with Crippen LogP contribution >= 0.6 is 11.3 Å². The zero-order valence-electron chi connectivity index (χ0n) is 15.6. The Bertz CT molecular complexity index is 874. The number of carbonyl (C=O) groups excluding carboxylic acids is 3. The molecule has 0 bridgehead atoms. The van der Waals surface area contributed by atoms with E-state index in [1.807, 2.05) is 37.3 Å². The molecule has 1 saturated heterocycles. The first kappa shape index (κ1) is 19.1. The number of ketones is 1. The minimum atomic E-state index is -1.01. The van der Waals surface area contributed by atoms with Crippen LogP contribution in [0.4, 0.5) is 4.79 Å². The molecule has 3 rings (SSSR count). The van der Waals surface area contributed by atoms with Gasteiger partial charge in [0.25, 0.3) is 5.91 Å². The van der Waals surface area contributed by atoms with Gasteiger partial charge in [0.2, 0.25) is 0 Å². The highest BCUT2D eigenvalue weighted by molar-refractivity contribution is 7.14. The summed E-state index contributed by atoms with van der Waals surface area (Å²) in [6.45, 7) is 3.38. The van der Waals surface area contributed by atoms with Crippen molar-refractivity contribution in [2.45, 2.75) is 32.2 Å². The van der Waals surface area contributed by atoms with Gasteiger partial charge >= 0.3 is 6.03 Å². The molecule has 1 fully saturated rings. The highest BCUT2D eigenvalue weighted by Crippen LogP contribution is 2.25. The molecule has 0 aliphatic carbocycles. The largest absolute Gasteiger partial charge is 0.497 e. The Balaban J connectivity index is 1.65. The van der Waals surface area contributed by atoms with E-state index in [-0.39, 0.29) is 18.2 Å². The fraction of sp³-hybridized carbons (Fsp3) is 0.350. The van der Waals surface area contributed by atoms with Gasteiger partial charge in [-0.05, 0) is 56.5 Å². The maximum absolute atomic E-state index is 12.8.